The second kappa shape index (κ2) is 39.2. The molecule has 0 unspecified atom stereocenters. The Labute approximate surface area is 357 Å². The number of nitrogens with zero attached hydrogens (tertiary/aromatic N) is 3. The largest absolute Gasteiger partial charge is 1.00 e. The second-order valence-corrected chi connectivity index (χ2v) is 9.14. The van der Waals surface area contributed by atoms with Crippen molar-refractivity contribution in [1.29, 1.82) is 0 Å². The smallest absolute Gasteiger partial charge is 0.549 e. The minimum atomic E-state index is -1.38. The average Bonchev–Trinajstić information content (AvgIpc) is 2.90. The molecule has 0 aromatic rings. The molecule has 0 saturated carbocycles. The average molecular weight is 769 g/mol. The first kappa shape index (κ1) is 61.0. The van der Waals surface area contributed by atoms with Crippen molar-refractivity contribution in [2.45, 2.75) is 0 Å². The van der Waals surface area contributed by atoms with Crippen LogP contribution in [0.3, 0.4) is 0 Å². The summed E-state index contributed by atoms with van der Waals surface area (Å²) in [6, 6.07) is 0. The van der Waals surface area contributed by atoms with E-state index >= 15 is 0 Å². The van der Waals surface area contributed by atoms with Gasteiger partial charge in [0.15, 0.2) is 0 Å². The molecule has 0 rings (SSSR count). The van der Waals surface area contributed by atoms with Gasteiger partial charge in [-0.3, -0.25) is 43.5 Å². The van der Waals surface area contributed by atoms with Crippen LogP contribution in [-0.2, 0) is 43.2 Å². The van der Waals surface area contributed by atoms with Crippen molar-refractivity contribution < 1.29 is 178 Å². The monoisotopic (exact) mass is 768 g/mol. The van der Waals surface area contributed by atoms with E-state index in [9.17, 15) is 58.5 Å². The summed E-state index contributed by atoms with van der Waals surface area (Å²) in [6.45, 7) is -2.64. The molecule has 0 aromatic heterocycles. The number of aliphatic carboxylic acids is 9. The number of carbonyl (C=O) groups is 9. The molecule has 0 aromatic carbocycles. The molecule has 0 bridgehead atoms. The van der Waals surface area contributed by atoms with Crippen LogP contribution in [0.1, 0.15) is 0 Å². The summed E-state index contributed by atoms with van der Waals surface area (Å²) < 4.78 is 0. The quantitative estimate of drug-likeness (QED) is 0.0277. The molecule has 0 fully saturated rings. The molecule has 0 aliphatic carbocycles. The molecular formula is C24H39N6Na3O18. The fourth-order valence-electron chi connectivity index (χ4n) is 3.06. The molecule has 0 spiro atoms. The number of hydrogen-bond acceptors (Lipinski definition) is 18. The third kappa shape index (κ3) is 54.9. The fraction of sp³-hybridized carbons (Fsp3) is 0.625. The maximum atomic E-state index is 10.4. The van der Waals surface area contributed by atoms with Gasteiger partial charge in [0.1, 0.15) is 0 Å². The van der Waals surface area contributed by atoms with E-state index in [0.29, 0.717) is 0 Å². The van der Waals surface area contributed by atoms with E-state index in [1.165, 1.54) is 0 Å². The molecule has 0 saturated heterocycles. The number of hydrogen-bond donors (Lipinski definition) is 9. The van der Waals surface area contributed by atoms with E-state index < -0.39 is 93.0 Å². The van der Waals surface area contributed by atoms with Gasteiger partial charge in [0, 0.05) is 58.9 Å². The van der Waals surface area contributed by atoms with Gasteiger partial charge in [-0.05, 0) is 0 Å². The molecule has 0 radical (unpaired) electrons. The van der Waals surface area contributed by atoms with Crippen LogP contribution in [0, 0.1) is 0 Å². The normalized spacial score (nSPS) is 9.71. The van der Waals surface area contributed by atoms with Gasteiger partial charge in [0.25, 0.3) is 0 Å². The van der Waals surface area contributed by atoms with Gasteiger partial charge in [-0.1, -0.05) is 0 Å². The molecule has 51 heavy (non-hydrogen) atoms. The summed E-state index contributed by atoms with van der Waals surface area (Å²) in [5, 5.41) is 88.7. The van der Waals surface area contributed by atoms with E-state index in [0.717, 1.165) is 14.7 Å². The third-order valence-corrected chi connectivity index (χ3v) is 4.78. The summed E-state index contributed by atoms with van der Waals surface area (Å²) in [7, 11) is 0. The minimum Gasteiger partial charge on any atom is -0.549 e. The Kier molecular flexibility index (Phi) is 46.9. The Morgan fingerprint density at radius 2 is 0.569 bits per heavy atom. The zero-order valence-electron chi connectivity index (χ0n) is 28.5. The zero-order valence-corrected chi connectivity index (χ0v) is 34.5. The SMILES string of the molecule is O=C([O-])CN(CCNCC(=O)O)CC(=O)O.O=C([O-])CN(CCNCC(=O)O)CC(=O)O.O=C([O-])CN(CCNCC(=O)O)CC(=O)O.[Na+].[Na+].[Na+]. The first-order valence-electron chi connectivity index (χ1n) is 13.4. The number of carbonyl (C=O) groups excluding carboxylic acids is 3. The molecule has 0 aliphatic rings. The molecule has 0 aliphatic heterocycles. The third-order valence-electron chi connectivity index (χ3n) is 4.78. The summed E-state index contributed by atoms with van der Waals surface area (Å²) in [5.41, 5.74) is 0. The summed E-state index contributed by atoms with van der Waals surface area (Å²) >= 11 is 0. The van der Waals surface area contributed by atoms with E-state index in [-0.39, 0.29) is 148 Å². The molecule has 9 N–H and O–H groups in total. The Balaban J connectivity index is -0.000000145. The van der Waals surface area contributed by atoms with Crippen molar-refractivity contribution in [1.82, 2.24) is 30.7 Å². The maximum Gasteiger partial charge on any atom is 1.00 e. The predicted molar refractivity (Wildman–Crippen MR) is 149 cm³/mol. The molecule has 276 valence electrons. The van der Waals surface area contributed by atoms with Crippen LogP contribution in [0.2, 0.25) is 0 Å². The van der Waals surface area contributed by atoms with Crippen LogP contribution in [-0.4, -0.2) is 197 Å². The van der Waals surface area contributed by atoms with Crippen molar-refractivity contribution in [3.05, 3.63) is 0 Å². The van der Waals surface area contributed by atoms with Crippen molar-refractivity contribution in [2.75, 3.05) is 98.2 Å². The summed E-state index contributed by atoms with van der Waals surface area (Å²) in [5.74, 6) is -10.7. The van der Waals surface area contributed by atoms with Gasteiger partial charge in [0.05, 0.1) is 57.2 Å². The number of rotatable bonds is 27. The molecule has 0 atom stereocenters. The molecule has 0 amide bonds. The Bertz CT molecular complexity index is 899. The standard InChI is InChI=1S/3C8H14N2O6.3Na/c3*11-6(12)3-9-1-2-10(4-7(13)14)5-8(15)16;;;/h3*9H,1-5H2,(H,11,12)(H,13,14)(H,15,16);;;/q;;;3*+1/p-3. The molecule has 27 heteroatoms. The van der Waals surface area contributed by atoms with Crippen LogP contribution < -0.4 is 120 Å². The second-order valence-electron chi connectivity index (χ2n) is 9.14. The predicted octanol–water partition coefficient (Wildman–Crippen LogP) is -18.6. The number of carboxylic acids is 9. The van der Waals surface area contributed by atoms with E-state index in [4.69, 9.17) is 30.6 Å². The maximum absolute atomic E-state index is 10.4. The number of nitrogens with one attached hydrogen (secondary N) is 3. The first-order chi connectivity index (χ1) is 22.2. The van der Waals surface area contributed by atoms with Crippen molar-refractivity contribution in [2.24, 2.45) is 0 Å². The Morgan fingerprint density at radius 1 is 0.373 bits per heavy atom. The zero-order chi connectivity index (χ0) is 37.7. The van der Waals surface area contributed by atoms with E-state index in [2.05, 4.69) is 16.0 Å². The van der Waals surface area contributed by atoms with Gasteiger partial charge < -0.3 is 76.3 Å². The van der Waals surface area contributed by atoms with Gasteiger partial charge >= 0.3 is 124 Å². The molecule has 24 nitrogen and oxygen atoms in total. The molecular weight excluding hydrogens is 729 g/mol. The van der Waals surface area contributed by atoms with Crippen molar-refractivity contribution >= 4 is 53.7 Å². The fourth-order valence-corrected chi connectivity index (χ4v) is 3.06. The Morgan fingerprint density at radius 3 is 0.706 bits per heavy atom. The first-order valence-corrected chi connectivity index (χ1v) is 13.4. The van der Waals surface area contributed by atoms with E-state index in [1.54, 1.807) is 0 Å². The van der Waals surface area contributed by atoms with E-state index in [1.807, 2.05) is 0 Å². The Hall–Kier alpha value is -2.01. The minimum absolute atomic E-state index is 0. The van der Waals surface area contributed by atoms with Crippen molar-refractivity contribution in [3.8, 4) is 0 Å². The van der Waals surface area contributed by atoms with Gasteiger partial charge in [-0.2, -0.15) is 0 Å². The van der Waals surface area contributed by atoms with Crippen LogP contribution in [0.15, 0.2) is 0 Å². The van der Waals surface area contributed by atoms with Crippen LogP contribution in [0.5, 0.6) is 0 Å². The summed E-state index contributed by atoms with van der Waals surface area (Å²) in [6.07, 6.45) is 0. The summed E-state index contributed by atoms with van der Waals surface area (Å²) in [4.78, 5) is 95.7. The van der Waals surface area contributed by atoms with Gasteiger partial charge in [-0.25, -0.2) is 0 Å². The molecule has 0 heterocycles. The van der Waals surface area contributed by atoms with Crippen LogP contribution in [0.25, 0.3) is 0 Å². The van der Waals surface area contributed by atoms with Gasteiger partial charge in [0.2, 0.25) is 0 Å². The topological polar surface area (TPSA) is 390 Å². The van der Waals surface area contributed by atoms with Crippen LogP contribution >= 0.6 is 0 Å². The van der Waals surface area contributed by atoms with Gasteiger partial charge in [-0.15, -0.1) is 0 Å². The van der Waals surface area contributed by atoms with Crippen molar-refractivity contribution in [3.63, 3.8) is 0 Å². The number of carboxylic acid groups (broad SMARTS) is 9. The van der Waals surface area contributed by atoms with Crippen LogP contribution in [0.4, 0.5) is 0 Å².